The van der Waals surface area contributed by atoms with Crippen molar-refractivity contribution < 1.29 is 9.53 Å². The molecule has 7 heteroatoms. The Bertz CT molecular complexity index is 815. The van der Waals surface area contributed by atoms with Crippen molar-refractivity contribution in [2.45, 2.75) is 13.0 Å². The topological polar surface area (TPSA) is 81.9 Å². The van der Waals surface area contributed by atoms with E-state index in [1.165, 1.54) is 11.0 Å². The number of rotatable bonds is 5. The molecule has 122 valence electrons. The largest absolute Gasteiger partial charge is 0.496 e. The molecule has 0 aliphatic rings. The number of amides is 1. The van der Waals surface area contributed by atoms with Gasteiger partial charge in [0.2, 0.25) is 0 Å². The van der Waals surface area contributed by atoms with Crippen molar-refractivity contribution in [2.75, 3.05) is 7.11 Å². The second-order valence-electron chi connectivity index (χ2n) is 5.24. The van der Waals surface area contributed by atoms with E-state index in [1.54, 1.807) is 31.4 Å². The van der Waals surface area contributed by atoms with Crippen LogP contribution in [0.25, 0.3) is 5.69 Å². The van der Waals surface area contributed by atoms with Crippen LogP contribution in [0.2, 0.25) is 0 Å². The predicted molar refractivity (Wildman–Crippen MR) is 88.0 cm³/mol. The molecule has 0 aliphatic heterocycles. The highest BCUT2D eigenvalue weighted by molar-refractivity contribution is 5.94. The van der Waals surface area contributed by atoms with Crippen molar-refractivity contribution in [1.82, 2.24) is 25.5 Å². The van der Waals surface area contributed by atoms with Crippen LogP contribution >= 0.6 is 0 Å². The Morgan fingerprint density at radius 2 is 1.92 bits per heavy atom. The number of hydrogen-bond donors (Lipinski definition) is 1. The molecule has 0 fully saturated rings. The molecule has 1 atom stereocenters. The van der Waals surface area contributed by atoms with E-state index in [-0.39, 0.29) is 11.9 Å². The summed E-state index contributed by atoms with van der Waals surface area (Å²) in [6, 6.07) is 14.5. The molecule has 1 amide bonds. The lowest BCUT2D eigenvalue weighted by Gasteiger charge is -2.17. The molecule has 0 radical (unpaired) electrons. The van der Waals surface area contributed by atoms with Gasteiger partial charge in [0.25, 0.3) is 5.91 Å². The zero-order chi connectivity index (χ0) is 16.9. The van der Waals surface area contributed by atoms with Crippen molar-refractivity contribution in [3.05, 3.63) is 66.0 Å². The van der Waals surface area contributed by atoms with Gasteiger partial charge in [-0.2, -0.15) is 0 Å². The number of carbonyl (C=O) groups is 1. The van der Waals surface area contributed by atoms with E-state index in [2.05, 4.69) is 20.8 Å². The zero-order valence-corrected chi connectivity index (χ0v) is 13.4. The minimum absolute atomic E-state index is 0.156. The van der Waals surface area contributed by atoms with Gasteiger partial charge < -0.3 is 10.1 Å². The lowest BCUT2D eigenvalue weighted by Crippen LogP contribution is -2.26. The van der Waals surface area contributed by atoms with E-state index in [9.17, 15) is 4.79 Å². The molecule has 1 aromatic heterocycles. The monoisotopic (exact) mass is 323 g/mol. The molecule has 0 aliphatic carbocycles. The normalized spacial score (nSPS) is 11.8. The summed E-state index contributed by atoms with van der Waals surface area (Å²) in [5.41, 5.74) is 2.28. The quantitative estimate of drug-likeness (QED) is 0.778. The minimum Gasteiger partial charge on any atom is -0.496 e. The molecule has 0 saturated heterocycles. The van der Waals surface area contributed by atoms with Crippen LogP contribution in [0.1, 0.15) is 28.9 Å². The summed E-state index contributed by atoms with van der Waals surface area (Å²) >= 11 is 0. The third kappa shape index (κ3) is 3.24. The Labute approximate surface area is 139 Å². The van der Waals surface area contributed by atoms with Crippen LogP contribution < -0.4 is 10.1 Å². The molecule has 0 saturated carbocycles. The highest BCUT2D eigenvalue weighted by Crippen LogP contribution is 2.24. The number of methoxy groups -OCH3 is 1. The lowest BCUT2D eigenvalue weighted by molar-refractivity contribution is 0.0939. The summed E-state index contributed by atoms with van der Waals surface area (Å²) in [6.45, 7) is 1.92. The van der Waals surface area contributed by atoms with Crippen LogP contribution in [0.4, 0.5) is 0 Å². The van der Waals surface area contributed by atoms with Gasteiger partial charge in [0, 0.05) is 11.1 Å². The van der Waals surface area contributed by atoms with Crippen LogP contribution in [0, 0.1) is 0 Å². The minimum atomic E-state index is -0.173. The second kappa shape index (κ2) is 6.91. The van der Waals surface area contributed by atoms with Gasteiger partial charge in [-0.3, -0.25) is 4.79 Å². The Hall–Kier alpha value is -3.22. The standard InChI is InChI=1S/C17H17N5O2/c1-12(15-5-3-4-6-16(15)24-2)19-17(23)13-7-9-14(10-8-13)22-11-18-20-21-22/h3-12H,1-2H3,(H,19,23)/t12-/m0/s1. The number of carbonyl (C=O) groups excluding carboxylic acids is 1. The summed E-state index contributed by atoms with van der Waals surface area (Å²) in [5.74, 6) is 0.594. The molecule has 1 N–H and O–H groups in total. The second-order valence-corrected chi connectivity index (χ2v) is 5.24. The summed E-state index contributed by atoms with van der Waals surface area (Å²) in [7, 11) is 1.62. The summed E-state index contributed by atoms with van der Waals surface area (Å²) in [6.07, 6.45) is 1.50. The van der Waals surface area contributed by atoms with Crippen molar-refractivity contribution in [3.8, 4) is 11.4 Å². The molecule has 0 bridgehead atoms. The highest BCUT2D eigenvalue weighted by atomic mass is 16.5. The van der Waals surface area contributed by atoms with Gasteiger partial charge in [-0.25, -0.2) is 4.68 Å². The number of tetrazole rings is 1. The lowest BCUT2D eigenvalue weighted by atomic mass is 10.1. The van der Waals surface area contributed by atoms with Gasteiger partial charge in [0.05, 0.1) is 18.8 Å². The van der Waals surface area contributed by atoms with Crippen LogP contribution in [-0.4, -0.2) is 33.2 Å². The number of nitrogens with one attached hydrogen (secondary N) is 1. The average Bonchev–Trinajstić information content (AvgIpc) is 3.16. The van der Waals surface area contributed by atoms with E-state index >= 15 is 0 Å². The first-order valence-electron chi connectivity index (χ1n) is 7.46. The molecule has 1 heterocycles. The van der Waals surface area contributed by atoms with E-state index in [1.807, 2.05) is 31.2 Å². The van der Waals surface area contributed by atoms with Crippen molar-refractivity contribution in [3.63, 3.8) is 0 Å². The van der Waals surface area contributed by atoms with Crippen molar-refractivity contribution in [2.24, 2.45) is 0 Å². The molecular weight excluding hydrogens is 306 g/mol. The van der Waals surface area contributed by atoms with Gasteiger partial charge in [0.1, 0.15) is 12.1 Å². The average molecular weight is 323 g/mol. The van der Waals surface area contributed by atoms with Gasteiger partial charge in [0.15, 0.2) is 0 Å². The van der Waals surface area contributed by atoms with Crippen LogP contribution in [0.3, 0.4) is 0 Å². The maximum absolute atomic E-state index is 12.4. The predicted octanol–water partition coefficient (Wildman–Crippen LogP) is 2.16. The first kappa shape index (κ1) is 15.7. The fraction of sp³-hybridized carbons (Fsp3) is 0.176. The van der Waals surface area contributed by atoms with Crippen LogP contribution in [-0.2, 0) is 0 Å². The molecule has 3 rings (SSSR count). The SMILES string of the molecule is COc1ccccc1[C@H](C)NC(=O)c1ccc(-n2cnnn2)cc1. The van der Waals surface area contributed by atoms with Crippen molar-refractivity contribution in [1.29, 1.82) is 0 Å². The molecular formula is C17H17N5O2. The number of hydrogen-bond acceptors (Lipinski definition) is 5. The Morgan fingerprint density at radius 3 is 2.58 bits per heavy atom. The maximum atomic E-state index is 12.4. The third-order valence-electron chi connectivity index (χ3n) is 3.70. The van der Waals surface area contributed by atoms with Gasteiger partial charge in [-0.05, 0) is 47.7 Å². The number of aromatic nitrogens is 4. The summed E-state index contributed by atoms with van der Waals surface area (Å²) < 4.78 is 6.86. The molecule has 2 aromatic carbocycles. The number of nitrogens with zero attached hydrogens (tertiary/aromatic N) is 4. The third-order valence-corrected chi connectivity index (χ3v) is 3.70. The first-order chi connectivity index (χ1) is 11.7. The van der Waals surface area contributed by atoms with Gasteiger partial charge >= 0.3 is 0 Å². The molecule has 0 unspecified atom stereocenters. The fourth-order valence-electron chi connectivity index (χ4n) is 2.43. The molecule has 24 heavy (non-hydrogen) atoms. The Morgan fingerprint density at radius 1 is 1.17 bits per heavy atom. The number of benzene rings is 2. The molecule has 3 aromatic rings. The summed E-state index contributed by atoms with van der Waals surface area (Å²) in [4.78, 5) is 12.4. The van der Waals surface area contributed by atoms with Gasteiger partial charge in [-0.1, -0.05) is 18.2 Å². The van der Waals surface area contributed by atoms with E-state index in [4.69, 9.17) is 4.74 Å². The molecule has 7 nitrogen and oxygen atoms in total. The number of ether oxygens (including phenoxy) is 1. The Kier molecular flexibility index (Phi) is 4.51. The summed E-state index contributed by atoms with van der Waals surface area (Å²) in [5, 5.41) is 14.0. The first-order valence-corrected chi connectivity index (χ1v) is 7.46. The maximum Gasteiger partial charge on any atom is 0.251 e. The Balaban J connectivity index is 1.72. The van der Waals surface area contributed by atoms with Crippen LogP contribution in [0.5, 0.6) is 5.75 Å². The van der Waals surface area contributed by atoms with Gasteiger partial charge in [-0.15, -0.1) is 5.10 Å². The van der Waals surface area contributed by atoms with Crippen LogP contribution in [0.15, 0.2) is 54.9 Å². The van der Waals surface area contributed by atoms with E-state index in [0.717, 1.165) is 17.0 Å². The molecule has 0 spiro atoms. The smallest absolute Gasteiger partial charge is 0.251 e. The number of para-hydroxylation sites is 1. The highest BCUT2D eigenvalue weighted by Gasteiger charge is 2.14. The fourth-order valence-corrected chi connectivity index (χ4v) is 2.43. The zero-order valence-electron chi connectivity index (χ0n) is 13.4. The van der Waals surface area contributed by atoms with Crippen molar-refractivity contribution >= 4 is 5.91 Å². The van der Waals surface area contributed by atoms with E-state index < -0.39 is 0 Å². The van der Waals surface area contributed by atoms with E-state index in [0.29, 0.717) is 5.56 Å².